The summed E-state index contributed by atoms with van der Waals surface area (Å²) in [5, 5.41) is 16.7. The molecule has 8 heteroatoms. The number of nitriles is 1. The number of carbonyl (C=O) groups is 1. The van der Waals surface area contributed by atoms with E-state index >= 15 is 0 Å². The second-order valence-corrected chi connectivity index (χ2v) is 6.82. The Labute approximate surface area is 172 Å². The van der Waals surface area contributed by atoms with Crippen molar-refractivity contribution in [1.82, 2.24) is 10.3 Å². The van der Waals surface area contributed by atoms with Crippen molar-refractivity contribution in [3.8, 4) is 17.6 Å². The summed E-state index contributed by atoms with van der Waals surface area (Å²) in [7, 11) is 0. The summed E-state index contributed by atoms with van der Waals surface area (Å²) in [6.45, 7) is 1.19. The Hall–Kier alpha value is -3.50. The van der Waals surface area contributed by atoms with Gasteiger partial charge < -0.3 is 20.1 Å². The highest BCUT2D eigenvalue weighted by Gasteiger charge is 2.16. The standard InChI is InChI=1S/C21H17ClN4O3/c22-16-5-2-1-4-15(16)21(27)25-7-3-6-24-20-14(11-23)8-13-9-18-19(29-12-28-18)10-17(13)26-20/h1-2,4-5,8-10H,3,6-7,12H2,(H,24,26)(H,25,27). The van der Waals surface area contributed by atoms with Crippen LogP contribution in [0.4, 0.5) is 5.82 Å². The molecule has 1 aliphatic rings. The molecule has 2 aromatic carbocycles. The van der Waals surface area contributed by atoms with Crippen LogP contribution in [0.1, 0.15) is 22.3 Å². The highest BCUT2D eigenvalue weighted by atomic mass is 35.5. The molecule has 0 unspecified atom stereocenters. The van der Waals surface area contributed by atoms with Crippen molar-refractivity contribution in [2.24, 2.45) is 0 Å². The SMILES string of the molecule is N#Cc1cc2cc3c(cc2nc1NCCCNC(=O)c1ccccc1Cl)OCO3. The third kappa shape index (κ3) is 4.03. The van der Waals surface area contributed by atoms with Crippen molar-refractivity contribution in [1.29, 1.82) is 5.26 Å². The third-order valence-corrected chi connectivity index (χ3v) is 4.81. The molecule has 4 rings (SSSR count). The van der Waals surface area contributed by atoms with Gasteiger partial charge in [-0.2, -0.15) is 5.26 Å². The van der Waals surface area contributed by atoms with E-state index in [1.807, 2.05) is 6.07 Å². The molecule has 0 saturated carbocycles. The molecule has 0 aliphatic carbocycles. The van der Waals surface area contributed by atoms with E-state index in [1.165, 1.54) is 0 Å². The average molecular weight is 409 g/mol. The summed E-state index contributed by atoms with van der Waals surface area (Å²) in [5.41, 5.74) is 1.60. The minimum absolute atomic E-state index is 0.182. The predicted molar refractivity (Wildman–Crippen MR) is 109 cm³/mol. The maximum atomic E-state index is 12.1. The van der Waals surface area contributed by atoms with Crippen molar-refractivity contribution in [2.75, 3.05) is 25.2 Å². The molecule has 2 heterocycles. The first kappa shape index (κ1) is 18.8. The fraction of sp³-hybridized carbons (Fsp3) is 0.190. The molecular weight excluding hydrogens is 392 g/mol. The van der Waals surface area contributed by atoms with Crippen LogP contribution in [0.25, 0.3) is 10.9 Å². The van der Waals surface area contributed by atoms with Gasteiger partial charge in [-0.25, -0.2) is 4.98 Å². The number of ether oxygens (including phenoxy) is 2. The molecule has 1 amide bonds. The zero-order valence-electron chi connectivity index (χ0n) is 15.4. The topological polar surface area (TPSA) is 96.3 Å². The van der Waals surface area contributed by atoms with Crippen molar-refractivity contribution in [3.63, 3.8) is 0 Å². The number of rotatable bonds is 6. The van der Waals surface area contributed by atoms with Gasteiger partial charge in [0.25, 0.3) is 5.91 Å². The van der Waals surface area contributed by atoms with Crippen LogP contribution in [0.2, 0.25) is 5.02 Å². The molecule has 146 valence electrons. The normalized spacial score (nSPS) is 11.9. The number of hydrogen-bond acceptors (Lipinski definition) is 6. The van der Waals surface area contributed by atoms with E-state index in [1.54, 1.807) is 36.4 Å². The minimum Gasteiger partial charge on any atom is -0.454 e. The van der Waals surface area contributed by atoms with E-state index in [0.29, 0.717) is 58.5 Å². The summed E-state index contributed by atoms with van der Waals surface area (Å²) < 4.78 is 10.8. The summed E-state index contributed by atoms with van der Waals surface area (Å²) >= 11 is 6.03. The Morgan fingerprint density at radius 1 is 1.17 bits per heavy atom. The van der Waals surface area contributed by atoms with Gasteiger partial charge in [-0.1, -0.05) is 23.7 Å². The molecule has 0 radical (unpaired) electrons. The van der Waals surface area contributed by atoms with E-state index in [4.69, 9.17) is 21.1 Å². The van der Waals surface area contributed by atoms with Gasteiger partial charge in [-0.05, 0) is 30.7 Å². The maximum absolute atomic E-state index is 12.1. The fourth-order valence-corrected chi connectivity index (χ4v) is 3.24. The summed E-state index contributed by atoms with van der Waals surface area (Å²) in [6, 6.07) is 14.5. The number of halogens is 1. The molecule has 1 aliphatic heterocycles. The molecule has 0 atom stereocenters. The van der Waals surface area contributed by atoms with Crippen LogP contribution in [0.15, 0.2) is 42.5 Å². The Morgan fingerprint density at radius 2 is 1.97 bits per heavy atom. The summed E-state index contributed by atoms with van der Waals surface area (Å²) in [4.78, 5) is 16.7. The Morgan fingerprint density at radius 3 is 2.76 bits per heavy atom. The van der Waals surface area contributed by atoms with Crippen LogP contribution in [0, 0.1) is 11.3 Å². The number of nitrogens with zero attached hydrogens (tertiary/aromatic N) is 2. The number of benzene rings is 2. The van der Waals surface area contributed by atoms with Gasteiger partial charge in [0.05, 0.1) is 21.7 Å². The second-order valence-electron chi connectivity index (χ2n) is 6.41. The molecule has 29 heavy (non-hydrogen) atoms. The summed E-state index contributed by atoms with van der Waals surface area (Å²) in [5.74, 6) is 1.57. The van der Waals surface area contributed by atoms with Gasteiger partial charge in [-0.15, -0.1) is 0 Å². The zero-order chi connectivity index (χ0) is 20.2. The number of hydrogen-bond donors (Lipinski definition) is 2. The predicted octanol–water partition coefficient (Wildman–Crippen LogP) is 3.72. The van der Waals surface area contributed by atoms with Crippen LogP contribution in [-0.4, -0.2) is 30.8 Å². The highest BCUT2D eigenvalue weighted by molar-refractivity contribution is 6.33. The largest absolute Gasteiger partial charge is 0.454 e. The Bertz CT molecular complexity index is 1130. The monoisotopic (exact) mass is 408 g/mol. The highest BCUT2D eigenvalue weighted by Crippen LogP contribution is 2.36. The lowest BCUT2D eigenvalue weighted by molar-refractivity contribution is 0.0953. The van der Waals surface area contributed by atoms with E-state index in [2.05, 4.69) is 21.7 Å². The van der Waals surface area contributed by atoms with Gasteiger partial charge >= 0.3 is 0 Å². The van der Waals surface area contributed by atoms with E-state index < -0.39 is 0 Å². The Kier molecular flexibility index (Phi) is 5.36. The van der Waals surface area contributed by atoms with Gasteiger partial charge in [0.1, 0.15) is 11.9 Å². The lowest BCUT2D eigenvalue weighted by Crippen LogP contribution is -2.26. The molecule has 0 saturated heterocycles. The molecular formula is C21H17ClN4O3. The van der Waals surface area contributed by atoms with Crippen LogP contribution in [0.5, 0.6) is 11.5 Å². The lowest BCUT2D eigenvalue weighted by atomic mass is 10.1. The van der Waals surface area contributed by atoms with E-state index in [9.17, 15) is 10.1 Å². The number of nitrogens with one attached hydrogen (secondary N) is 2. The third-order valence-electron chi connectivity index (χ3n) is 4.48. The van der Waals surface area contributed by atoms with E-state index in [-0.39, 0.29) is 12.7 Å². The molecule has 7 nitrogen and oxygen atoms in total. The number of carbonyl (C=O) groups excluding carboxylic acids is 1. The molecule has 0 bridgehead atoms. The second kappa shape index (κ2) is 8.25. The number of amides is 1. The smallest absolute Gasteiger partial charge is 0.252 e. The Balaban J connectivity index is 1.37. The molecule has 0 fully saturated rings. The minimum atomic E-state index is -0.215. The summed E-state index contributed by atoms with van der Waals surface area (Å²) in [6.07, 6.45) is 0.655. The average Bonchev–Trinajstić information content (AvgIpc) is 3.18. The van der Waals surface area contributed by atoms with E-state index in [0.717, 1.165) is 5.39 Å². The molecule has 1 aromatic heterocycles. The van der Waals surface area contributed by atoms with Crippen LogP contribution in [-0.2, 0) is 0 Å². The number of fused-ring (bicyclic) bond motifs is 2. The maximum Gasteiger partial charge on any atom is 0.252 e. The van der Waals surface area contributed by atoms with Crippen molar-refractivity contribution in [3.05, 3.63) is 58.6 Å². The van der Waals surface area contributed by atoms with Gasteiger partial charge in [0.2, 0.25) is 6.79 Å². The number of pyridine rings is 1. The van der Waals surface area contributed by atoms with Gasteiger partial charge in [0, 0.05) is 24.5 Å². The zero-order valence-corrected chi connectivity index (χ0v) is 16.1. The molecule has 2 N–H and O–H groups in total. The quantitative estimate of drug-likeness (QED) is 0.603. The van der Waals surface area contributed by atoms with Crippen LogP contribution in [0.3, 0.4) is 0 Å². The number of aromatic nitrogens is 1. The lowest BCUT2D eigenvalue weighted by Gasteiger charge is -2.10. The van der Waals surface area contributed by atoms with Crippen molar-refractivity contribution in [2.45, 2.75) is 6.42 Å². The van der Waals surface area contributed by atoms with Gasteiger partial charge in [-0.3, -0.25) is 4.79 Å². The van der Waals surface area contributed by atoms with Crippen LogP contribution < -0.4 is 20.1 Å². The molecule has 3 aromatic rings. The van der Waals surface area contributed by atoms with Crippen molar-refractivity contribution >= 4 is 34.2 Å². The fourth-order valence-electron chi connectivity index (χ4n) is 3.02. The van der Waals surface area contributed by atoms with Crippen molar-refractivity contribution < 1.29 is 14.3 Å². The number of anilines is 1. The first-order valence-corrected chi connectivity index (χ1v) is 9.44. The van der Waals surface area contributed by atoms with Gasteiger partial charge in [0.15, 0.2) is 11.5 Å². The first-order chi connectivity index (χ1) is 14.2. The molecule has 0 spiro atoms. The van der Waals surface area contributed by atoms with Crippen LogP contribution >= 0.6 is 11.6 Å². The first-order valence-electron chi connectivity index (χ1n) is 9.07.